The number of carbonyl (C=O) groups is 1. The van der Waals surface area contributed by atoms with Gasteiger partial charge in [-0.15, -0.1) is 11.6 Å². The normalized spacial score (nSPS) is 23.3. The van der Waals surface area contributed by atoms with E-state index in [1.54, 1.807) is 0 Å². The maximum Gasteiger partial charge on any atom is 0.222 e. The van der Waals surface area contributed by atoms with Crippen LogP contribution in [0, 0.1) is 17.3 Å². The van der Waals surface area contributed by atoms with Crippen molar-refractivity contribution in [3.05, 3.63) is 0 Å². The number of carbonyl (C=O) groups excluding carboxylic acids is 1. The van der Waals surface area contributed by atoms with Crippen LogP contribution in [-0.4, -0.2) is 29.8 Å². The number of hydrogen-bond donors (Lipinski definition) is 0. The van der Waals surface area contributed by atoms with Gasteiger partial charge in [-0.2, -0.15) is 0 Å². The van der Waals surface area contributed by atoms with Crippen LogP contribution in [0.15, 0.2) is 0 Å². The molecule has 1 heterocycles. The molecule has 0 aliphatic carbocycles. The topological polar surface area (TPSA) is 20.3 Å². The maximum atomic E-state index is 12.2. The lowest BCUT2D eigenvalue weighted by Gasteiger charge is -2.29. The van der Waals surface area contributed by atoms with Crippen molar-refractivity contribution in [2.75, 3.05) is 19.0 Å². The molecular formula is C16H30ClNO. The molecular weight excluding hydrogens is 258 g/mol. The van der Waals surface area contributed by atoms with Crippen LogP contribution in [0.4, 0.5) is 0 Å². The van der Waals surface area contributed by atoms with Crippen molar-refractivity contribution in [3.8, 4) is 0 Å². The molecule has 0 bridgehead atoms. The van der Waals surface area contributed by atoms with Crippen molar-refractivity contribution in [1.82, 2.24) is 4.90 Å². The van der Waals surface area contributed by atoms with Gasteiger partial charge in [0.25, 0.3) is 0 Å². The Labute approximate surface area is 123 Å². The van der Waals surface area contributed by atoms with Gasteiger partial charge in [-0.25, -0.2) is 0 Å². The molecule has 1 fully saturated rings. The molecule has 3 heteroatoms. The number of rotatable bonds is 5. The largest absolute Gasteiger partial charge is 0.343 e. The van der Waals surface area contributed by atoms with Gasteiger partial charge in [0.15, 0.2) is 0 Å². The molecule has 1 amide bonds. The van der Waals surface area contributed by atoms with Crippen molar-refractivity contribution in [2.24, 2.45) is 17.3 Å². The number of hydrogen-bond acceptors (Lipinski definition) is 1. The van der Waals surface area contributed by atoms with E-state index in [0.717, 1.165) is 51.1 Å². The van der Waals surface area contributed by atoms with Crippen molar-refractivity contribution >= 4 is 17.5 Å². The Balaban J connectivity index is 2.45. The third kappa shape index (κ3) is 5.72. The zero-order valence-electron chi connectivity index (χ0n) is 13.0. The molecule has 0 N–H and O–H groups in total. The summed E-state index contributed by atoms with van der Waals surface area (Å²) in [6.45, 7) is 11.0. The lowest BCUT2D eigenvalue weighted by molar-refractivity contribution is -0.130. The zero-order valence-corrected chi connectivity index (χ0v) is 13.8. The van der Waals surface area contributed by atoms with E-state index in [-0.39, 0.29) is 0 Å². The van der Waals surface area contributed by atoms with Gasteiger partial charge in [0.1, 0.15) is 0 Å². The highest BCUT2D eigenvalue weighted by atomic mass is 35.5. The van der Waals surface area contributed by atoms with E-state index in [1.807, 2.05) is 0 Å². The maximum absolute atomic E-state index is 12.2. The lowest BCUT2D eigenvalue weighted by Crippen LogP contribution is -2.32. The Morgan fingerprint density at radius 1 is 1.32 bits per heavy atom. The predicted octanol–water partition coefficient (Wildman–Crippen LogP) is 4.32. The van der Waals surface area contributed by atoms with Gasteiger partial charge in [0.2, 0.25) is 5.91 Å². The third-order valence-electron chi connectivity index (χ3n) is 4.53. The average Bonchev–Trinajstić information content (AvgIpc) is 2.48. The summed E-state index contributed by atoms with van der Waals surface area (Å²) < 4.78 is 0. The van der Waals surface area contributed by atoms with Crippen molar-refractivity contribution in [3.63, 3.8) is 0 Å². The molecule has 2 atom stereocenters. The van der Waals surface area contributed by atoms with Gasteiger partial charge >= 0.3 is 0 Å². The first-order chi connectivity index (χ1) is 8.84. The van der Waals surface area contributed by atoms with Crippen molar-refractivity contribution in [2.45, 2.75) is 59.8 Å². The fourth-order valence-corrected chi connectivity index (χ4v) is 3.22. The Morgan fingerprint density at radius 2 is 2.00 bits per heavy atom. The van der Waals surface area contributed by atoms with Crippen LogP contribution in [0.25, 0.3) is 0 Å². The summed E-state index contributed by atoms with van der Waals surface area (Å²) in [5, 5.41) is 0. The van der Waals surface area contributed by atoms with Gasteiger partial charge in [-0.05, 0) is 42.9 Å². The minimum absolute atomic E-state index is 0.322. The highest BCUT2D eigenvalue weighted by Gasteiger charge is 2.29. The Bertz CT molecular complexity index is 285. The smallest absolute Gasteiger partial charge is 0.222 e. The third-order valence-corrected chi connectivity index (χ3v) is 4.74. The van der Waals surface area contributed by atoms with Gasteiger partial charge in [-0.1, -0.05) is 27.7 Å². The van der Waals surface area contributed by atoms with E-state index in [0.29, 0.717) is 23.2 Å². The number of likely N-dealkylation sites (tertiary alicyclic amines) is 1. The van der Waals surface area contributed by atoms with Crippen molar-refractivity contribution in [1.29, 1.82) is 0 Å². The monoisotopic (exact) mass is 287 g/mol. The highest BCUT2D eigenvalue weighted by molar-refractivity contribution is 6.17. The van der Waals surface area contributed by atoms with Crippen LogP contribution in [0.2, 0.25) is 0 Å². The summed E-state index contributed by atoms with van der Waals surface area (Å²) in [7, 11) is 0. The average molecular weight is 288 g/mol. The molecule has 0 saturated carbocycles. The highest BCUT2D eigenvalue weighted by Crippen LogP contribution is 2.34. The second-order valence-corrected chi connectivity index (χ2v) is 7.52. The molecule has 2 nitrogen and oxygen atoms in total. The number of nitrogens with zero attached hydrogens (tertiary/aromatic N) is 1. The van der Waals surface area contributed by atoms with Crippen molar-refractivity contribution < 1.29 is 4.79 Å². The first-order valence-electron chi connectivity index (χ1n) is 7.68. The summed E-state index contributed by atoms with van der Waals surface area (Å²) in [5.74, 6) is 2.36. The molecule has 0 spiro atoms. The van der Waals surface area contributed by atoms with Crippen LogP contribution in [-0.2, 0) is 4.79 Å². The minimum Gasteiger partial charge on any atom is -0.343 e. The molecule has 19 heavy (non-hydrogen) atoms. The summed E-state index contributed by atoms with van der Waals surface area (Å²) in [5.41, 5.74) is 0.322. The SMILES string of the molecule is CC(CCCl)CCN1CCC(C(C)(C)C)CCC1=O. The molecule has 0 aromatic heterocycles. The second-order valence-electron chi connectivity index (χ2n) is 7.14. The number of alkyl halides is 1. The van der Waals surface area contributed by atoms with E-state index in [4.69, 9.17) is 11.6 Å². The van der Waals surface area contributed by atoms with Gasteiger partial charge < -0.3 is 4.90 Å². The van der Waals surface area contributed by atoms with Gasteiger partial charge in [0, 0.05) is 25.4 Å². The Hall–Kier alpha value is -0.240. The molecule has 1 aliphatic rings. The number of amides is 1. The Morgan fingerprint density at radius 3 is 2.58 bits per heavy atom. The standard InChI is InChI=1S/C16H30ClNO/c1-13(7-10-17)8-11-18-12-9-14(16(2,3)4)5-6-15(18)19/h13-14H,5-12H2,1-4H3. The quantitative estimate of drug-likeness (QED) is 0.690. The fraction of sp³-hybridized carbons (Fsp3) is 0.938. The number of halogens is 1. The van der Waals surface area contributed by atoms with Crippen LogP contribution in [0.3, 0.4) is 0 Å². The minimum atomic E-state index is 0.322. The van der Waals surface area contributed by atoms with Crippen LogP contribution in [0.5, 0.6) is 0 Å². The Kier molecular flexibility index (Phi) is 6.65. The lowest BCUT2D eigenvalue weighted by atomic mass is 9.77. The molecule has 112 valence electrons. The van der Waals surface area contributed by atoms with Crippen LogP contribution >= 0.6 is 11.6 Å². The molecule has 0 aromatic carbocycles. The summed E-state index contributed by atoms with van der Waals surface area (Å²) in [6.07, 6.45) is 5.06. The van der Waals surface area contributed by atoms with Gasteiger partial charge in [-0.3, -0.25) is 4.79 Å². The fourth-order valence-electron chi connectivity index (χ4n) is 2.85. The second kappa shape index (κ2) is 7.52. The van der Waals surface area contributed by atoms with E-state index >= 15 is 0 Å². The van der Waals surface area contributed by atoms with Gasteiger partial charge in [0.05, 0.1) is 0 Å². The molecule has 0 radical (unpaired) electrons. The first-order valence-corrected chi connectivity index (χ1v) is 8.21. The van der Waals surface area contributed by atoms with E-state index in [9.17, 15) is 4.79 Å². The summed E-state index contributed by atoms with van der Waals surface area (Å²) in [6, 6.07) is 0. The molecule has 1 aliphatic heterocycles. The van der Waals surface area contributed by atoms with Crippen LogP contribution in [0.1, 0.15) is 59.8 Å². The van der Waals surface area contributed by atoms with E-state index in [2.05, 4.69) is 32.6 Å². The van der Waals surface area contributed by atoms with E-state index in [1.165, 1.54) is 0 Å². The van der Waals surface area contributed by atoms with E-state index < -0.39 is 0 Å². The van der Waals surface area contributed by atoms with Crippen LogP contribution < -0.4 is 0 Å². The molecule has 1 rings (SSSR count). The molecule has 0 aromatic rings. The first kappa shape index (κ1) is 16.8. The predicted molar refractivity (Wildman–Crippen MR) is 82.5 cm³/mol. The zero-order chi connectivity index (χ0) is 14.5. The summed E-state index contributed by atoms with van der Waals surface area (Å²) >= 11 is 5.76. The summed E-state index contributed by atoms with van der Waals surface area (Å²) in [4.78, 5) is 14.2. The molecule has 2 unspecified atom stereocenters. The molecule has 1 saturated heterocycles.